The third-order valence-corrected chi connectivity index (χ3v) is 7.56. The summed E-state index contributed by atoms with van der Waals surface area (Å²) in [5.41, 5.74) is 1.53. The van der Waals surface area contributed by atoms with E-state index >= 15 is 0 Å². The van der Waals surface area contributed by atoms with Gasteiger partial charge in [0.1, 0.15) is 0 Å². The Morgan fingerprint density at radius 2 is 1.62 bits per heavy atom. The summed E-state index contributed by atoms with van der Waals surface area (Å²) in [5, 5.41) is 2.82. The molecule has 1 heterocycles. The van der Waals surface area contributed by atoms with Gasteiger partial charge in [-0.15, -0.1) is 0 Å². The molecule has 2 aromatic carbocycles. The van der Waals surface area contributed by atoms with E-state index in [2.05, 4.69) is 17.1 Å². The van der Waals surface area contributed by atoms with Crippen molar-refractivity contribution in [1.82, 2.24) is 9.21 Å². The Kier molecular flexibility index (Phi) is 8.11. The molecule has 0 aliphatic carbocycles. The van der Waals surface area contributed by atoms with Gasteiger partial charge < -0.3 is 19.7 Å². The number of hydrogen-bond acceptors (Lipinski definition) is 6. The molecule has 0 radical (unpaired) electrons. The molecule has 32 heavy (non-hydrogen) atoms. The number of sulfonamides is 1. The lowest BCUT2D eigenvalue weighted by atomic mass is 10.1. The Balaban J connectivity index is 1.55. The predicted molar refractivity (Wildman–Crippen MR) is 124 cm³/mol. The third kappa shape index (κ3) is 5.79. The monoisotopic (exact) mass is 461 g/mol. The summed E-state index contributed by atoms with van der Waals surface area (Å²) in [4.78, 5) is 14.8. The highest BCUT2D eigenvalue weighted by molar-refractivity contribution is 7.89. The molecule has 0 bridgehead atoms. The standard InChI is InChI=1S/C23H31N3O5S/c1-4-25-13-15-26(16-14-25)32(28,29)20-9-7-19(8-10-20)24-23(27)12-6-18-5-11-21(30-2)22(17-18)31-3/h5,7-11,17H,4,6,12-16H2,1-3H3,(H,24,27). The number of aryl methyl sites for hydroxylation is 1. The summed E-state index contributed by atoms with van der Waals surface area (Å²) in [7, 11) is -0.376. The molecule has 8 nitrogen and oxygen atoms in total. The van der Waals surface area contributed by atoms with E-state index in [1.165, 1.54) is 4.31 Å². The average molecular weight is 462 g/mol. The average Bonchev–Trinajstić information content (AvgIpc) is 2.82. The first-order chi connectivity index (χ1) is 15.4. The molecule has 0 aromatic heterocycles. The third-order valence-electron chi connectivity index (χ3n) is 5.64. The number of likely N-dealkylation sites (N-methyl/N-ethyl adjacent to an activating group) is 1. The van der Waals surface area contributed by atoms with E-state index in [4.69, 9.17) is 9.47 Å². The smallest absolute Gasteiger partial charge is 0.243 e. The van der Waals surface area contributed by atoms with Crippen molar-refractivity contribution in [2.45, 2.75) is 24.7 Å². The van der Waals surface area contributed by atoms with Crippen molar-refractivity contribution < 1.29 is 22.7 Å². The number of anilines is 1. The normalized spacial score (nSPS) is 15.3. The number of benzene rings is 2. The van der Waals surface area contributed by atoms with Crippen LogP contribution in [0.5, 0.6) is 11.5 Å². The molecule has 1 N–H and O–H groups in total. The van der Waals surface area contributed by atoms with Crippen molar-refractivity contribution in [2.24, 2.45) is 0 Å². The van der Waals surface area contributed by atoms with E-state index in [-0.39, 0.29) is 17.2 Å². The van der Waals surface area contributed by atoms with Crippen LogP contribution in [0.2, 0.25) is 0 Å². The number of nitrogens with zero attached hydrogens (tertiary/aromatic N) is 2. The Hall–Kier alpha value is -2.62. The maximum atomic E-state index is 12.9. The summed E-state index contributed by atoms with van der Waals surface area (Å²) < 4.78 is 37.8. The minimum atomic E-state index is -3.53. The lowest BCUT2D eigenvalue weighted by molar-refractivity contribution is -0.116. The predicted octanol–water partition coefficient (Wildman–Crippen LogP) is 2.60. The first kappa shape index (κ1) is 24.0. The number of carbonyl (C=O) groups excluding carboxylic acids is 1. The molecule has 1 saturated heterocycles. The SMILES string of the molecule is CCN1CCN(S(=O)(=O)c2ccc(NC(=O)CCc3ccc(OC)c(OC)c3)cc2)CC1. The van der Waals surface area contributed by atoms with Crippen molar-refractivity contribution in [1.29, 1.82) is 0 Å². The van der Waals surface area contributed by atoms with Crippen LogP contribution in [0, 0.1) is 0 Å². The Bertz CT molecular complexity index is 1020. The van der Waals surface area contributed by atoms with Gasteiger partial charge >= 0.3 is 0 Å². The fraction of sp³-hybridized carbons (Fsp3) is 0.435. The van der Waals surface area contributed by atoms with Crippen LogP contribution in [0.1, 0.15) is 18.9 Å². The van der Waals surface area contributed by atoms with Gasteiger partial charge in [-0.05, 0) is 54.9 Å². The molecule has 1 aliphatic rings. The van der Waals surface area contributed by atoms with Crippen LogP contribution >= 0.6 is 0 Å². The van der Waals surface area contributed by atoms with E-state index in [1.807, 2.05) is 18.2 Å². The minimum Gasteiger partial charge on any atom is -0.493 e. The number of amides is 1. The van der Waals surface area contributed by atoms with Gasteiger partial charge in [0, 0.05) is 38.3 Å². The number of nitrogens with one attached hydrogen (secondary N) is 1. The van der Waals surface area contributed by atoms with Crippen LogP contribution in [-0.2, 0) is 21.2 Å². The van der Waals surface area contributed by atoms with Gasteiger partial charge in [0.2, 0.25) is 15.9 Å². The fourth-order valence-corrected chi connectivity index (χ4v) is 5.09. The molecule has 1 fully saturated rings. The Morgan fingerprint density at radius 1 is 0.969 bits per heavy atom. The first-order valence-electron chi connectivity index (χ1n) is 10.7. The molecular formula is C23H31N3O5S. The van der Waals surface area contributed by atoms with Gasteiger partial charge in [-0.2, -0.15) is 4.31 Å². The van der Waals surface area contributed by atoms with Crippen LogP contribution in [0.15, 0.2) is 47.4 Å². The molecule has 3 rings (SSSR count). The van der Waals surface area contributed by atoms with Gasteiger partial charge in [0.15, 0.2) is 11.5 Å². The summed E-state index contributed by atoms with van der Waals surface area (Å²) in [6.07, 6.45) is 0.833. The van der Waals surface area contributed by atoms with Gasteiger partial charge in [-0.3, -0.25) is 4.79 Å². The van der Waals surface area contributed by atoms with Crippen LogP contribution in [0.4, 0.5) is 5.69 Å². The van der Waals surface area contributed by atoms with Gasteiger partial charge in [0.25, 0.3) is 0 Å². The molecule has 0 saturated carbocycles. The second-order valence-electron chi connectivity index (χ2n) is 7.60. The molecule has 0 unspecified atom stereocenters. The van der Waals surface area contributed by atoms with Crippen molar-refractivity contribution in [3.8, 4) is 11.5 Å². The van der Waals surface area contributed by atoms with Gasteiger partial charge in [-0.25, -0.2) is 8.42 Å². The minimum absolute atomic E-state index is 0.147. The quantitative estimate of drug-likeness (QED) is 0.618. The zero-order valence-electron chi connectivity index (χ0n) is 18.8. The highest BCUT2D eigenvalue weighted by Crippen LogP contribution is 2.28. The number of hydrogen-bond donors (Lipinski definition) is 1. The van der Waals surface area contributed by atoms with E-state index in [0.717, 1.165) is 25.2 Å². The van der Waals surface area contributed by atoms with E-state index in [1.54, 1.807) is 38.5 Å². The van der Waals surface area contributed by atoms with Gasteiger partial charge in [-0.1, -0.05) is 13.0 Å². The highest BCUT2D eigenvalue weighted by Gasteiger charge is 2.27. The topological polar surface area (TPSA) is 88.2 Å². The van der Waals surface area contributed by atoms with Crippen LogP contribution in [-0.4, -0.2) is 70.5 Å². The summed E-state index contributed by atoms with van der Waals surface area (Å²) in [6.45, 7) is 5.46. The summed E-state index contributed by atoms with van der Waals surface area (Å²) in [6, 6.07) is 11.9. The molecule has 2 aromatic rings. The highest BCUT2D eigenvalue weighted by atomic mass is 32.2. The maximum absolute atomic E-state index is 12.9. The lowest BCUT2D eigenvalue weighted by Gasteiger charge is -2.33. The maximum Gasteiger partial charge on any atom is 0.243 e. The largest absolute Gasteiger partial charge is 0.493 e. The molecule has 1 amide bonds. The first-order valence-corrected chi connectivity index (χ1v) is 12.1. The number of rotatable bonds is 9. The van der Waals surface area contributed by atoms with Crippen LogP contribution in [0.25, 0.3) is 0 Å². The molecule has 0 spiro atoms. The fourth-order valence-electron chi connectivity index (χ4n) is 3.66. The molecule has 174 valence electrons. The summed E-state index contributed by atoms with van der Waals surface area (Å²) in [5.74, 6) is 1.12. The van der Waals surface area contributed by atoms with E-state index in [0.29, 0.717) is 36.7 Å². The zero-order valence-corrected chi connectivity index (χ0v) is 19.7. The van der Waals surface area contributed by atoms with Crippen LogP contribution < -0.4 is 14.8 Å². The van der Waals surface area contributed by atoms with E-state index < -0.39 is 10.0 Å². The van der Waals surface area contributed by atoms with Crippen molar-refractivity contribution in [3.63, 3.8) is 0 Å². The number of carbonyl (C=O) groups is 1. The van der Waals surface area contributed by atoms with Gasteiger partial charge in [0.05, 0.1) is 19.1 Å². The molecule has 9 heteroatoms. The van der Waals surface area contributed by atoms with Crippen molar-refractivity contribution in [3.05, 3.63) is 48.0 Å². The van der Waals surface area contributed by atoms with Crippen molar-refractivity contribution in [2.75, 3.05) is 52.3 Å². The van der Waals surface area contributed by atoms with Crippen molar-refractivity contribution >= 4 is 21.6 Å². The number of methoxy groups -OCH3 is 2. The number of ether oxygens (including phenoxy) is 2. The molecule has 1 aliphatic heterocycles. The second-order valence-corrected chi connectivity index (χ2v) is 9.54. The number of piperazine rings is 1. The Morgan fingerprint density at radius 3 is 2.22 bits per heavy atom. The van der Waals surface area contributed by atoms with Crippen LogP contribution in [0.3, 0.4) is 0 Å². The zero-order chi connectivity index (χ0) is 23.1. The lowest BCUT2D eigenvalue weighted by Crippen LogP contribution is -2.48. The molecule has 0 atom stereocenters. The second kappa shape index (κ2) is 10.8. The van der Waals surface area contributed by atoms with E-state index in [9.17, 15) is 13.2 Å². The molecular weight excluding hydrogens is 430 g/mol. The Labute approximate surface area is 190 Å². The summed E-state index contributed by atoms with van der Waals surface area (Å²) >= 11 is 0.